The number of carbonyl (C=O) groups excluding carboxylic acids is 1. The highest BCUT2D eigenvalue weighted by Gasteiger charge is 2.26. The minimum Gasteiger partial charge on any atom is -0.462 e. The summed E-state index contributed by atoms with van der Waals surface area (Å²) in [4.78, 5) is 12.1. The molecule has 2 aliphatic rings. The maximum absolute atomic E-state index is 12.1. The largest absolute Gasteiger partial charge is 0.462 e. The molecule has 1 aromatic rings. The van der Waals surface area contributed by atoms with Crippen molar-refractivity contribution in [1.82, 2.24) is 20.2 Å². The van der Waals surface area contributed by atoms with Crippen molar-refractivity contribution in [3.63, 3.8) is 0 Å². The van der Waals surface area contributed by atoms with Crippen LogP contribution in [-0.4, -0.2) is 51.2 Å². The molecule has 2 fully saturated rings. The molecule has 23 heavy (non-hydrogen) atoms. The van der Waals surface area contributed by atoms with Gasteiger partial charge in [0.1, 0.15) is 6.10 Å². The first-order valence-electron chi connectivity index (χ1n) is 8.39. The van der Waals surface area contributed by atoms with Crippen LogP contribution in [0.1, 0.15) is 57.4 Å². The molecule has 0 unspecified atom stereocenters. The lowest BCUT2D eigenvalue weighted by Gasteiger charge is -2.27. The highest BCUT2D eigenvalue weighted by Crippen LogP contribution is 2.31. The monoisotopic (exact) mass is 340 g/mol. The van der Waals surface area contributed by atoms with E-state index in [4.69, 9.17) is 9.47 Å². The van der Waals surface area contributed by atoms with E-state index < -0.39 is 0 Å². The molecule has 0 saturated heterocycles. The molecule has 0 aliphatic heterocycles. The number of aromatic nitrogens is 4. The number of thioether (sulfide) groups is 1. The number of rotatable bonds is 6. The molecule has 0 radical (unpaired) electrons. The molecule has 0 spiro atoms. The second kappa shape index (κ2) is 8.10. The number of methoxy groups -OCH3 is 1. The minimum absolute atomic E-state index is 0.0207. The molecule has 2 aliphatic carbocycles. The van der Waals surface area contributed by atoms with E-state index in [1.807, 2.05) is 4.68 Å². The molecule has 7 nitrogen and oxygen atoms in total. The van der Waals surface area contributed by atoms with Crippen LogP contribution >= 0.6 is 11.8 Å². The summed E-state index contributed by atoms with van der Waals surface area (Å²) in [5.74, 6) is 0.0547. The van der Waals surface area contributed by atoms with E-state index in [0.29, 0.717) is 11.2 Å². The van der Waals surface area contributed by atoms with Crippen LogP contribution in [0.25, 0.3) is 0 Å². The van der Waals surface area contributed by atoms with Gasteiger partial charge in [-0.3, -0.25) is 4.79 Å². The van der Waals surface area contributed by atoms with Gasteiger partial charge >= 0.3 is 5.97 Å². The lowest BCUT2D eigenvalue weighted by Crippen LogP contribution is -2.29. The van der Waals surface area contributed by atoms with Crippen LogP contribution in [0.4, 0.5) is 0 Å². The average molecular weight is 340 g/mol. The topological polar surface area (TPSA) is 79.1 Å². The number of tetrazole rings is 1. The Hall–Kier alpha value is -1.15. The van der Waals surface area contributed by atoms with Crippen LogP contribution in [0.15, 0.2) is 5.16 Å². The molecular formula is C15H24N4O3S. The van der Waals surface area contributed by atoms with Crippen molar-refractivity contribution in [3.05, 3.63) is 0 Å². The third-order valence-corrected chi connectivity index (χ3v) is 5.57. The van der Waals surface area contributed by atoms with Gasteiger partial charge in [-0.15, -0.1) is 5.10 Å². The summed E-state index contributed by atoms with van der Waals surface area (Å²) in [6.45, 7) is 0. The molecule has 1 heterocycles. The lowest BCUT2D eigenvalue weighted by atomic mass is 9.95. The summed E-state index contributed by atoms with van der Waals surface area (Å²) < 4.78 is 12.8. The van der Waals surface area contributed by atoms with Gasteiger partial charge in [0.15, 0.2) is 0 Å². The van der Waals surface area contributed by atoms with E-state index in [9.17, 15) is 4.79 Å². The Morgan fingerprint density at radius 1 is 1.22 bits per heavy atom. The summed E-state index contributed by atoms with van der Waals surface area (Å²) in [7, 11) is 1.72. The summed E-state index contributed by atoms with van der Waals surface area (Å²) in [5, 5.41) is 12.6. The number of carbonyl (C=O) groups is 1. The van der Waals surface area contributed by atoms with E-state index in [1.54, 1.807) is 7.11 Å². The Morgan fingerprint density at radius 2 is 2.00 bits per heavy atom. The zero-order valence-corrected chi connectivity index (χ0v) is 14.3. The fourth-order valence-corrected chi connectivity index (χ4v) is 4.15. The second-order valence-electron chi connectivity index (χ2n) is 6.27. The van der Waals surface area contributed by atoms with Gasteiger partial charge < -0.3 is 9.47 Å². The van der Waals surface area contributed by atoms with Crippen molar-refractivity contribution in [2.24, 2.45) is 0 Å². The molecule has 128 valence electrons. The van der Waals surface area contributed by atoms with Crippen molar-refractivity contribution < 1.29 is 14.3 Å². The first kappa shape index (κ1) is 16.7. The smallest absolute Gasteiger partial charge is 0.316 e. The third kappa shape index (κ3) is 4.44. The van der Waals surface area contributed by atoms with Crippen LogP contribution in [0, 0.1) is 0 Å². The van der Waals surface area contributed by atoms with E-state index in [2.05, 4.69) is 15.5 Å². The summed E-state index contributed by atoms with van der Waals surface area (Å²) in [6.07, 6.45) is 8.68. The van der Waals surface area contributed by atoms with E-state index in [1.165, 1.54) is 24.6 Å². The summed E-state index contributed by atoms with van der Waals surface area (Å²) in [5.41, 5.74) is 0. The minimum atomic E-state index is -0.197. The predicted molar refractivity (Wildman–Crippen MR) is 85.2 cm³/mol. The predicted octanol–water partition coefficient (Wildman–Crippen LogP) is 2.38. The Kier molecular flexibility index (Phi) is 5.88. The molecule has 8 heteroatoms. The van der Waals surface area contributed by atoms with Crippen molar-refractivity contribution in [2.45, 2.75) is 74.8 Å². The first-order valence-corrected chi connectivity index (χ1v) is 9.37. The second-order valence-corrected chi connectivity index (χ2v) is 7.21. The van der Waals surface area contributed by atoms with Crippen molar-refractivity contribution in [2.75, 3.05) is 12.9 Å². The van der Waals surface area contributed by atoms with Gasteiger partial charge in [-0.1, -0.05) is 24.6 Å². The molecule has 2 atom stereocenters. The van der Waals surface area contributed by atoms with Crippen molar-refractivity contribution >= 4 is 17.7 Å². The molecule has 0 amide bonds. The number of esters is 1. The normalized spacial score (nSPS) is 25.6. The number of hydrogen-bond acceptors (Lipinski definition) is 7. The molecule has 3 rings (SSSR count). The van der Waals surface area contributed by atoms with E-state index >= 15 is 0 Å². The Balaban J connectivity index is 1.47. The van der Waals surface area contributed by atoms with Crippen LogP contribution in [0.3, 0.4) is 0 Å². The van der Waals surface area contributed by atoms with Crippen LogP contribution in [0.2, 0.25) is 0 Å². The van der Waals surface area contributed by atoms with Crippen LogP contribution in [-0.2, 0) is 14.3 Å². The molecule has 2 saturated carbocycles. The molecule has 0 aromatic carbocycles. The average Bonchev–Trinajstić information content (AvgIpc) is 3.24. The summed E-state index contributed by atoms with van der Waals surface area (Å²) in [6, 6.07) is 0.379. The highest BCUT2D eigenvalue weighted by atomic mass is 32.2. The lowest BCUT2D eigenvalue weighted by molar-refractivity contribution is -0.149. The van der Waals surface area contributed by atoms with Gasteiger partial charge in [0.05, 0.1) is 17.9 Å². The van der Waals surface area contributed by atoms with Gasteiger partial charge in [-0.25, -0.2) is 4.68 Å². The molecule has 0 N–H and O–H groups in total. The molecule has 1 aromatic heterocycles. The number of hydrogen-bond donors (Lipinski definition) is 0. The van der Waals surface area contributed by atoms with E-state index in [0.717, 1.165) is 38.5 Å². The Bertz CT molecular complexity index is 519. The first-order chi connectivity index (χ1) is 11.3. The van der Waals surface area contributed by atoms with Gasteiger partial charge in [0.2, 0.25) is 5.16 Å². The zero-order valence-electron chi connectivity index (χ0n) is 13.5. The van der Waals surface area contributed by atoms with Crippen molar-refractivity contribution in [1.29, 1.82) is 0 Å². The fraction of sp³-hybridized carbons (Fsp3) is 0.867. The number of ether oxygens (including phenoxy) is 2. The fourth-order valence-electron chi connectivity index (χ4n) is 3.43. The van der Waals surface area contributed by atoms with Crippen LogP contribution in [0.5, 0.6) is 0 Å². The number of nitrogens with zero attached hydrogens (tertiary/aromatic N) is 4. The summed E-state index contributed by atoms with van der Waals surface area (Å²) >= 11 is 1.36. The Labute approximate surface area is 140 Å². The zero-order chi connectivity index (χ0) is 16.1. The maximum atomic E-state index is 12.1. The third-order valence-electron chi connectivity index (χ3n) is 4.66. The van der Waals surface area contributed by atoms with Gasteiger partial charge in [0.25, 0.3) is 0 Å². The van der Waals surface area contributed by atoms with Gasteiger partial charge in [0, 0.05) is 13.5 Å². The SMILES string of the molecule is CO[C@H]1CCC[C@H](OC(=O)CSc2nnnn2C2CCCC2)C1. The standard InChI is InChI=1S/C15H24N4O3S/c1-21-12-7-4-8-13(9-12)22-14(20)10-23-15-16-17-18-19(15)11-5-2-3-6-11/h11-13H,2-10H2,1H3/t12-,13-/m0/s1. The Morgan fingerprint density at radius 3 is 2.78 bits per heavy atom. The maximum Gasteiger partial charge on any atom is 0.316 e. The van der Waals surface area contributed by atoms with Gasteiger partial charge in [-0.05, 0) is 42.5 Å². The van der Waals surface area contributed by atoms with E-state index in [-0.39, 0.29) is 23.9 Å². The van der Waals surface area contributed by atoms with Crippen LogP contribution < -0.4 is 0 Å². The highest BCUT2D eigenvalue weighted by molar-refractivity contribution is 7.99. The van der Waals surface area contributed by atoms with Crippen molar-refractivity contribution in [3.8, 4) is 0 Å². The van der Waals surface area contributed by atoms with Gasteiger partial charge in [-0.2, -0.15) is 0 Å². The molecular weight excluding hydrogens is 316 g/mol. The quantitative estimate of drug-likeness (QED) is 0.581. The molecule has 0 bridgehead atoms.